The van der Waals surface area contributed by atoms with E-state index in [1.54, 1.807) is 0 Å². The molecular formula is C34H20O2. The molecule has 0 aliphatic carbocycles. The summed E-state index contributed by atoms with van der Waals surface area (Å²) in [6.07, 6.45) is -0.730. The fraction of sp³-hybridized carbons (Fsp3) is 0. The number of furan rings is 2. The highest BCUT2D eigenvalue weighted by molar-refractivity contribution is 6.27. The second-order valence-electron chi connectivity index (χ2n) is 7.89. The van der Waals surface area contributed by atoms with E-state index in [2.05, 4.69) is 0 Å². The molecule has 0 bridgehead atoms. The van der Waals surface area contributed by atoms with E-state index in [1.165, 1.54) is 6.07 Å². The minimum absolute atomic E-state index is 0.0545. The maximum Gasteiger partial charge on any atom is 0.142 e. The molecule has 0 amide bonds. The molecule has 8 rings (SSSR count). The van der Waals surface area contributed by atoms with Crippen LogP contribution in [0.3, 0.4) is 0 Å². The number of hydrogen-bond acceptors (Lipinski definition) is 2. The van der Waals surface area contributed by atoms with Crippen LogP contribution in [0.15, 0.2) is 130 Å². The van der Waals surface area contributed by atoms with Gasteiger partial charge in [-0.15, -0.1) is 0 Å². The zero-order valence-electron chi connectivity index (χ0n) is 36.9. The Labute approximate surface area is 233 Å². The van der Waals surface area contributed by atoms with Crippen LogP contribution in [0, 0.1) is 0 Å². The normalized spacial score (nSPS) is 19.3. The van der Waals surface area contributed by atoms with Crippen LogP contribution in [-0.4, -0.2) is 0 Å². The summed E-state index contributed by atoms with van der Waals surface area (Å²) >= 11 is 0. The van der Waals surface area contributed by atoms with Crippen molar-refractivity contribution in [1.82, 2.24) is 0 Å². The van der Waals surface area contributed by atoms with Crippen LogP contribution >= 0.6 is 0 Å². The third-order valence-corrected chi connectivity index (χ3v) is 6.08. The third-order valence-electron chi connectivity index (χ3n) is 6.08. The van der Waals surface area contributed by atoms with Gasteiger partial charge < -0.3 is 8.83 Å². The smallest absolute Gasteiger partial charge is 0.142 e. The van der Waals surface area contributed by atoms with Gasteiger partial charge in [-0.05, 0) is 50.8 Å². The highest BCUT2D eigenvalue weighted by atomic mass is 16.3. The Morgan fingerprint density at radius 1 is 0.500 bits per heavy atom. The van der Waals surface area contributed by atoms with Gasteiger partial charge in [0.15, 0.2) is 0 Å². The Kier molecular flexibility index (Phi) is 1.77. The quantitative estimate of drug-likeness (QED) is 0.231. The Morgan fingerprint density at radius 3 is 1.78 bits per heavy atom. The van der Waals surface area contributed by atoms with E-state index in [0.29, 0.717) is 0 Å². The highest BCUT2D eigenvalue weighted by Crippen LogP contribution is 2.47. The molecule has 0 fully saturated rings. The van der Waals surface area contributed by atoms with Gasteiger partial charge in [-0.3, -0.25) is 0 Å². The first-order chi connectivity index (χ1) is 25.8. The second-order valence-corrected chi connectivity index (χ2v) is 7.89. The Balaban J connectivity index is 1.76. The summed E-state index contributed by atoms with van der Waals surface area (Å²) in [5, 5.41) is -2.28. The summed E-state index contributed by atoms with van der Waals surface area (Å²) in [6, 6.07) is -12.1. The van der Waals surface area contributed by atoms with E-state index in [9.17, 15) is 2.74 Å². The lowest BCUT2D eigenvalue weighted by Gasteiger charge is -2.17. The van der Waals surface area contributed by atoms with E-state index in [-0.39, 0.29) is 44.0 Å². The van der Waals surface area contributed by atoms with Crippen molar-refractivity contribution >= 4 is 54.5 Å². The van der Waals surface area contributed by atoms with Gasteiger partial charge in [0.2, 0.25) is 0 Å². The standard InChI is InChI=1S/C34H20O2/c1-2-10-21(11-3-1)31-22-12-4-6-14-24(22)32(25-15-7-5-13-23(25)31)28-20-30-33(27-18-19-35-34(27)28)26-16-8-9-17-29(26)36-30/h1-20H/i1D,2D,3D,4D,5D,6D,7D,8D,9D,10D,11D,12D,13D,14D,15D,16D,17D,18D,19D. The predicted octanol–water partition coefficient (Wildman–Crippen LogP) is 9.97. The van der Waals surface area contributed by atoms with Crippen molar-refractivity contribution in [2.24, 2.45) is 0 Å². The van der Waals surface area contributed by atoms with Crippen LogP contribution in [0.25, 0.3) is 76.7 Å². The van der Waals surface area contributed by atoms with E-state index >= 15 is 0 Å². The van der Waals surface area contributed by atoms with Crippen LogP contribution in [0.1, 0.15) is 26.0 Å². The molecule has 0 N–H and O–H groups in total. The molecule has 0 spiro atoms. The summed E-state index contributed by atoms with van der Waals surface area (Å²) in [6.45, 7) is 0. The largest absolute Gasteiger partial charge is 0.464 e. The van der Waals surface area contributed by atoms with Crippen LogP contribution in [0.4, 0.5) is 0 Å². The molecule has 0 saturated heterocycles. The summed E-state index contributed by atoms with van der Waals surface area (Å²) < 4.78 is 177. The van der Waals surface area contributed by atoms with E-state index in [0.717, 1.165) is 0 Å². The van der Waals surface area contributed by atoms with Crippen molar-refractivity contribution in [3.05, 3.63) is 121 Å². The molecule has 0 atom stereocenters. The summed E-state index contributed by atoms with van der Waals surface area (Å²) in [5.74, 6) is 0. The van der Waals surface area contributed by atoms with Gasteiger partial charge in [-0.25, -0.2) is 0 Å². The first-order valence-corrected chi connectivity index (χ1v) is 10.6. The van der Waals surface area contributed by atoms with Crippen molar-refractivity contribution in [2.45, 2.75) is 0 Å². The molecule has 0 unspecified atom stereocenters. The van der Waals surface area contributed by atoms with E-state index in [1.807, 2.05) is 0 Å². The molecule has 2 heterocycles. The maximum absolute atomic E-state index is 9.21. The molecule has 36 heavy (non-hydrogen) atoms. The van der Waals surface area contributed by atoms with E-state index in [4.69, 9.17) is 32.1 Å². The fourth-order valence-corrected chi connectivity index (χ4v) is 4.69. The van der Waals surface area contributed by atoms with Gasteiger partial charge in [0, 0.05) is 27.3 Å². The summed E-state index contributed by atoms with van der Waals surface area (Å²) in [7, 11) is 0. The van der Waals surface area contributed by atoms with Gasteiger partial charge >= 0.3 is 0 Å². The molecule has 2 nitrogen and oxygen atoms in total. The lowest BCUT2D eigenvalue weighted by molar-refractivity contribution is 0.616. The molecule has 0 aliphatic rings. The Morgan fingerprint density at radius 2 is 1.08 bits per heavy atom. The molecule has 0 aliphatic heterocycles. The monoisotopic (exact) mass is 479 g/mol. The zero-order chi connectivity index (χ0) is 40.2. The van der Waals surface area contributed by atoms with Crippen LogP contribution in [0.2, 0.25) is 0 Å². The number of benzene rings is 6. The average molecular weight is 480 g/mol. The predicted molar refractivity (Wildman–Crippen MR) is 149 cm³/mol. The molecule has 0 radical (unpaired) electrons. The van der Waals surface area contributed by atoms with Crippen molar-refractivity contribution in [3.8, 4) is 22.3 Å². The van der Waals surface area contributed by atoms with Gasteiger partial charge in [0.1, 0.15) is 18.1 Å². The second kappa shape index (κ2) is 7.34. The Hall–Kier alpha value is -4.82. The number of fused-ring (bicyclic) bond motifs is 7. The zero-order valence-corrected chi connectivity index (χ0v) is 17.9. The molecule has 0 saturated carbocycles. The van der Waals surface area contributed by atoms with Crippen LogP contribution in [0.5, 0.6) is 0 Å². The van der Waals surface area contributed by atoms with Crippen molar-refractivity contribution < 1.29 is 34.9 Å². The van der Waals surface area contributed by atoms with Crippen molar-refractivity contribution in [3.63, 3.8) is 0 Å². The first kappa shape index (κ1) is 8.69. The topological polar surface area (TPSA) is 26.3 Å². The Bertz CT molecular complexity index is 3030. The molecule has 168 valence electrons. The van der Waals surface area contributed by atoms with Crippen LogP contribution < -0.4 is 0 Å². The minimum Gasteiger partial charge on any atom is -0.464 e. The molecule has 2 heteroatoms. The van der Waals surface area contributed by atoms with Crippen molar-refractivity contribution in [1.29, 1.82) is 0 Å². The van der Waals surface area contributed by atoms with Crippen molar-refractivity contribution in [2.75, 3.05) is 0 Å². The van der Waals surface area contributed by atoms with Gasteiger partial charge in [0.05, 0.1) is 30.9 Å². The molecule has 6 aromatic carbocycles. The maximum atomic E-state index is 9.21. The van der Waals surface area contributed by atoms with Gasteiger partial charge in [-0.2, -0.15) is 0 Å². The third kappa shape index (κ3) is 2.61. The number of para-hydroxylation sites is 1. The molecule has 2 aromatic heterocycles. The van der Waals surface area contributed by atoms with Gasteiger partial charge in [0.25, 0.3) is 0 Å². The van der Waals surface area contributed by atoms with E-state index < -0.39 is 148 Å². The number of hydrogen-bond donors (Lipinski definition) is 0. The van der Waals surface area contributed by atoms with Crippen LogP contribution in [-0.2, 0) is 0 Å². The minimum atomic E-state index is -0.823. The fourth-order valence-electron chi connectivity index (χ4n) is 4.69. The lowest BCUT2D eigenvalue weighted by Crippen LogP contribution is -1.91. The summed E-state index contributed by atoms with van der Waals surface area (Å²) in [5.41, 5.74) is -2.55. The highest BCUT2D eigenvalue weighted by Gasteiger charge is 2.22. The SMILES string of the molecule is [2H]c1oc2c(-c3c4c([2H])c([2H])c([2H])c([2H])c4c(-c4c([2H])c([2H])c([2H])c([2H])c4[2H])c4c([2H])c([2H])c([2H])c([2H])c34)cc3oc4c([2H])c([2H])c([2H])c([2H])c4c3c2c1[2H]. The summed E-state index contributed by atoms with van der Waals surface area (Å²) in [4.78, 5) is 0. The average Bonchev–Trinajstić information content (AvgIpc) is 3.69. The first-order valence-electron chi connectivity index (χ1n) is 20.1. The lowest BCUT2D eigenvalue weighted by atomic mass is 9.85. The number of rotatable bonds is 2. The molecular weight excluding hydrogens is 440 g/mol. The molecule has 8 aromatic rings. The van der Waals surface area contributed by atoms with Gasteiger partial charge in [-0.1, -0.05) is 96.7 Å².